The monoisotopic (exact) mass is 247 g/mol. The second-order valence-electron chi connectivity index (χ2n) is 5.40. The van der Waals surface area contributed by atoms with Crippen molar-refractivity contribution in [1.29, 1.82) is 0 Å². The van der Waals surface area contributed by atoms with E-state index in [1.807, 2.05) is 0 Å². The first-order valence-corrected chi connectivity index (χ1v) is 6.76. The van der Waals surface area contributed by atoms with Crippen LogP contribution in [0.5, 0.6) is 0 Å². The quantitative estimate of drug-likeness (QED) is 0.737. The fraction of sp³-hybridized carbons (Fsp3) is 0.562. The van der Waals surface area contributed by atoms with E-state index < -0.39 is 0 Å². The number of carbonyl (C=O) groups excluding carboxylic acids is 1. The zero-order valence-corrected chi connectivity index (χ0v) is 12.1. The summed E-state index contributed by atoms with van der Waals surface area (Å²) >= 11 is 0. The molecule has 2 nitrogen and oxygen atoms in total. The molecular weight excluding hydrogens is 222 g/mol. The number of ketones is 1. The molecule has 2 heteroatoms. The SMILES string of the molecule is CC(=O)CCN(C)CCc1ccc(C(C)C)cc1. The van der Waals surface area contributed by atoms with Crippen molar-refractivity contribution in [3.8, 4) is 0 Å². The number of rotatable bonds is 7. The van der Waals surface area contributed by atoms with E-state index in [9.17, 15) is 4.79 Å². The summed E-state index contributed by atoms with van der Waals surface area (Å²) in [4.78, 5) is 13.1. The third kappa shape index (κ3) is 5.46. The molecule has 0 saturated carbocycles. The summed E-state index contributed by atoms with van der Waals surface area (Å²) in [5, 5.41) is 0. The van der Waals surface area contributed by atoms with Crippen LogP contribution >= 0.6 is 0 Å². The van der Waals surface area contributed by atoms with Gasteiger partial charge >= 0.3 is 0 Å². The number of benzene rings is 1. The van der Waals surface area contributed by atoms with E-state index in [0.29, 0.717) is 12.3 Å². The van der Waals surface area contributed by atoms with Crippen molar-refractivity contribution in [3.05, 3.63) is 35.4 Å². The van der Waals surface area contributed by atoms with Crippen molar-refractivity contribution >= 4 is 5.78 Å². The highest BCUT2D eigenvalue weighted by atomic mass is 16.1. The Hall–Kier alpha value is -1.15. The van der Waals surface area contributed by atoms with Crippen molar-refractivity contribution in [2.24, 2.45) is 0 Å². The Balaban J connectivity index is 2.36. The number of likely N-dealkylation sites (N-methyl/N-ethyl adjacent to an activating group) is 1. The Kier molecular flexibility index (Phi) is 6.06. The summed E-state index contributed by atoms with van der Waals surface area (Å²) < 4.78 is 0. The van der Waals surface area contributed by atoms with Gasteiger partial charge in [-0.25, -0.2) is 0 Å². The number of Topliss-reactive ketones (excluding diaryl/α,β-unsaturated/α-hetero) is 1. The molecule has 18 heavy (non-hydrogen) atoms. The van der Waals surface area contributed by atoms with Crippen LogP contribution in [0.4, 0.5) is 0 Å². The molecule has 0 aliphatic heterocycles. The van der Waals surface area contributed by atoms with Crippen molar-refractivity contribution in [3.63, 3.8) is 0 Å². The van der Waals surface area contributed by atoms with Gasteiger partial charge in [-0.1, -0.05) is 38.1 Å². The van der Waals surface area contributed by atoms with E-state index in [-0.39, 0.29) is 5.78 Å². The summed E-state index contributed by atoms with van der Waals surface area (Å²) in [6, 6.07) is 8.87. The van der Waals surface area contributed by atoms with Gasteiger partial charge in [0.25, 0.3) is 0 Å². The van der Waals surface area contributed by atoms with E-state index in [0.717, 1.165) is 19.5 Å². The maximum atomic E-state index is 10.9. The van der Waals surface area contributed by atoms with E-state index in [2.05, 4.69) is 50.1 Å². The lowest BCUT2D eigenvalue weighted by atomic mass is 10.0. The van der Waals surface area contributed by atoms with E-state index in [1.54, 1.807) is 6.92 Å². The lowest BCUT2D eigenvalue weighted by Crippen LogP contribution is -2.23. The summed E-state index contributed by atoms with van der Waals surface area (Å²) in [6.07, 6.45) is 1.70. The third-order valence-corrected chi connectivity index (χ3v) is 3.27. The van der Waals surface area contributed by atoms with Crippen molar-refractivity contribution in [2.75, 3.05) is 20.1 Å². The normalized spacial score (nSPS) is 11.2. The molecule has 0 N–H and O–H groups in total. The van der Waals surface area contributed by atoms with Crippen LogP contribution in [0, 0.1) is 0 Å². The highest BCUT2D eigenvalue weighted by Gasteiger charge is 2.02. The van der Waals surface area contributed by atoms with Crippen LogP contribution in [-0.2, 0) is 11.2 Å². The zero-order chi connectivity index (χ0) is 13.5. The van der Waals surface area contributed by atoms with Crippen molar-refractivity contribution in [2.45, 2.75) is 39.5 Å². The van der Waals surface area contributed by atoms with Crippen LogP contribution in [0.25, 0.3) is 0 Å². The van der Waals surface area contributed by atoms with Crippen LogP contribution < -0.4 is 0 Å². The van der Waals surface area contributed by atoms with Gasteiger partial charge in [-0.05, 0) is 37.4 Å². The highest BCUT2D eigenvalue weighted by Crippen LogP contribution is 2.14. The molecule has 1 aromatic rings. The molecule has 0 aliphatic carbocycles. The molecule has 1 rings (SSSR count). The third-order valence-electron chi connectivity index (χ3n) is 3.27. The van der Waals surface area contributed by atoms with Crippen molar-refractivity contribution in [1.82, 2.24) is 4.90 Å². The highest BCUT2D eigenvalue weighted by molar-refractivity contribution is 5.75. The largest absolute Gasteiger partial charge is 0.306 e. The van der Waals surface area contributed by atoms with Gasteiger partial charge in [0.15, 0.2) is 0 Å². The fourth-order valence-electron chi connectivity index (χ4n) is 1.85. The molecule has 1 aromatic carbocycles. The summed E-state index contributed by atoms with van der Waals surface area (Å²) in [5.74, 6) is 0.862. The molecular formula is C16H25NO. The minimum atomic E-state index is 0.267. The molecule has 0 radical (unpaired) electrons. The zero-order valence-electron chi connectivity index (χ0n) is 12.1. The Morgan fingerprint density at radius 1 is 1.17 bits per heavy atom. The molecule has 0 saturated heterocycles. The van der Waals surface area contributed by atoms with Gasteiger partial charge in [0, 0.05) is 19.5 Å². The van der Waals surface area contributed by atoms with Gasteiger partial charge in [-0.3, -0.25) is 4.79 Å². The lowest BCUT2D eigenvalue weighted by Gasteiger charge is -2.15. The van der Waals surface area contributed by atoms with Gasteiger partial charge in [0.2, 0.25) is 0 Å². The fourth-order valence-corrected chi connectivity index (χ4v) is 1.85. The molecule has 0 aromatic heterocycles. The van der Waals surface area contributed by atoms with Gasteiger partial charge in [-0.15, -0.1) is 0 Å². The Morgan fingerprint density at radius 3 is 2.28 bits per heavy atom. The Bertz CT molecular complexity index is 367. The average molecular weight is 247 g/mol. The number of nitrogens with zero attached hydrogens (tertiary/aromatic N) is 1. The molecule has 0 amide bonds. The predicted octanol–water partition coefficient (Wildman–Crippen LogP) is 3.26. The van der Waals surface area contributed by atoms with Crippen molar-refractivity contribution < 1.29 is 4.79 Å². The molecule has 0 unspecified atom stereocenters. The molecule has 0 aliphatic rings. The Labute approximate surface area is 111 Å². The smallest absolute Gasteiger partial charge is 0.131 e. The molecule has 0 atom stereocenters. The molecule has 0 heterocycles. The summed E-state index contributed by atoms with van der Waals surface area (Å²) in [5.41, 5.74) is 2.76. The van der Waals surface area contributed by atoms with E-state index in [4.69, 9.17) is 0 Å². The topological polar surface area (TPSA) is 20.3 Å². The molecule has 100 valence electrons. The van der Waals surface area contributed by atoms with Crippen LogP contribution in [-0.4, -0.2) is 30.8 Å². The van der Waals surface area contributed by atoms with E-state index in [1.165, 1.54) is 11.1 Å². The predicted molar refractivity (Wildman–Crippen MR) is 77.0 cm³/mol. The number of carbonyl (C=O) groups is 1. The summed E-state index contributed by atoms with van der Waals surface area (Å²) in [7, 11) is 2.07. The maximum absolute atomic E-state index is 10.9. The lowest BCUT2D eigenvalue weighted by molar-refractivity contribution is -0.117. The molecule has 0 bridgehead atoms. The van der Waals surface area contributed by atoms with Gasteiger partial charge in [0.05, 0.1) is 0 Å². The first-order valence-electron chi connectivity index (χ1n) is 6.76. The van der Waals surface area contributed by atoms with Gasteiger partial charge in [0.1, 0.15) is 5.78 Å². The maximum Gasteiger partial charge on any atom is 0.131 e. The van der Waals surface area contributed by atoms with Crippen LogP contribution in [0.2, 0.25) is 0 Å². The van der Waals surface area contributed by atoms with Crippen LogP contribution in [0.1, 0.15) is 44.2 Å². The first kappa shape index (κ1) is 14.9. The Morgan fingerprint density at radius 2 is 1.78 bits per heavy atom. The second kappa shape index (κ2) is 7.32. The van der Waals surface area contributed by atoms with Crippen LogP contribution in [0.3, 0.4) is 0 Å². The average Bonchev–Trinajstić information content (AvgIpc) is 2.34. The van der Waals surface area contributed by atoms with Crippen LogP contribution in [0.15, 0.2) is 24.3 Å². The number of hydrogen-bond acceptors (Lipinski definition) is 2. The molecule has 0 fully saturated rings. The van der Waals surface area contributed by atoms with Gasteiger partial charge in [-0.2, -0.15) is 0 Å². The minimum Gasteiger partial charge on any atom is -0.306 e. The second-order valence-corrected chi connectivity index (χ2v) is 5.40. The first-order chi connectivity index (χ1) is 8.49. The molecule has 0 spiro atoms. The van der Waals surface area contributed by atoms with Gasteiger partial charge < -0.3 is 4.90 Å². The number of hydrogen-bond donors (Lipinski definition) is 0. The summed E-state index contributed by atoms with van der Waals surface area (Å²) in [6.45, 7) is 7.95. The minimum absolute atomic E-state index is 0.267. The standard InChI is InChI=1S/C16H25NO/c1-13(2)16-7-5-15(6-8-16)10-12-17(4)11-9-14(3)18/h5-8,13H,9-12H2,1-4H3. The van der Waals surface area contributed by atoms with E-state index >= 15 is 0 Å².